The minimum Gasteiger partial charge on any atom is -0.503 e. The number of Topliss-reactive ketones (excluding diaryl/α,β-unsaturated/α-hetero) is 1. The monoisotopic (exact) mass is 527 g/mol. The van der Waals surface area contributed by atoms with Crippen LogP contribution in [-0.4, -0.2) is 43.6 Å². The van der Waals surface area contributed by atoms with Gasteiger partial charge in [-0.05, 0) is 61.0 Å². The van der Waals surface area contributed by atoms with Gasteiger partial charge >= 0.3 is 5.97 Å². The summed E-state index contributed by atoms with van der Waals surface area (Å²) in [5.74, 6) is -1.74. The summed E-state index contributed by atoms with van der Waals surface area (Å²) >= 11 is 0. The maximum absolute atomic E-state index is 13.9. The highest BCUT2D eigenvalue weighted by Gasteiger charge is 2.45. The third-order valence-electron chi connectivity index (χ3n) is 6.47. The molecule has 0 aliphatic carbocycles. The first-order valence-corrected chi connectivity index (χ1v) is 12.2. The first-order valence-electron chi connectivity index (χ1n) is 12.2. The predicted octanol–water partition coefficient (Wildman–Crippen LogP) is 5.41. The zero-order valence-electron chi connectivity index (χ0n) is 21.5. The molecule has 3 aromatic carbocycles. The number of esters is 1. The molecule has 0 radical (unpaired) electrons. The van der Waals surface area contributed by atoms with Crippen molar-refractivity contribution < 1.29 is 38.1 Å². The highest BCUT2D eigenvalue weighted by Crippen LogP contribution is 2.43. The number of hydrogen-bond donors (Lipinski definition) is 1. The van der Waals surface area contributed by atoms with Gasteiger partial charge in [-0.25, -0.2) is 4.79 Å². The minimum absolute atomic E-state index is 0.0590. The van der Waals surface area contributed by atoms with E-state index in [9.17, 15) is 19.5 Å². The molecule has 1 unspecified atom stereocenters. The van der Waals surface area contributed by atoms with E-state index in [4.69, 9.17) is 18.6 Å². The van der Waals surface area contributed by atoms with Crippen LogP contribution in [0, 0.1) is 0 Å². The molecule has 4 aromatic rings. The Morgan fingerprint density at radius 2 is 1.72 bits per heavy atom. The fraction of sp³-hybridized carbons (Fsp3) is 0.167. The van der Waals surface area contributed by atoms with Crippen LogP contribution in [0.2, 0.25) is 0 Å². The molecule has 1 aliphatic rings. The van der Waals surface area contributed by atoms with Gasteiger partial charge in [0.1, 0.15) is 5.75 Å². The van der Waals surface area contributed by atoms with Crippen LogP contribution in [-0.2, 0) is 9.53 Å². The van der Waals surface area contributed by atoms with Gasteiger partial charge in [-0.3, -0.25) is 14.5 Å². The van der Waals surface area contributed by atoms with Crippen LogP contribution in [0.4, 0.5) is 5.69 Å². The summed E-state index contributed by atoms with van der Waals surface area (Å²) in [6, 6.07) is 18.8. The van der Waals surface area contributed by atoms with Crippen molar-refractivity contribution in [3.05, 3.63) is 101 Å². The number of methoxy groups -OCH3 is 2. The largest absolute Gasteiger partial charge is 0.503 e. The van der Waals surface area contributed by atoms with Gasteiger partial charge in [0.15, 0.2) is 22.9 Å². The zero-order valence-corrected chi connectivity index (χ0v) is 21.5. The van der Waals surface area contributed by atoms with Gasteiger partial charge in [-0.2, -0.15) is 0 Å². The van der Waals surface area contributed by atoms with E-state index in [1.165, 1.54) is 31.3 Å². The van der Waals surface area contributed by atoms with Crippen LogP contribution in [0.1, 0.15) is 39.4 Å². The molecular weight excluding hydrogens is 502 g/mol. The average molecular weight is 528 g/mol. The molecule has 2 heterocycles. The van der Waals surface area contributed by atoms with Crippen molar-refractivity contribution in [2.45, 2.75) is 13.0 Å². The third-order valence-corrected chi connectivity index (χ3v) is 6.47. The summed E-state index contributed by atoms with van der Waals surface area (Å²) < 4.78 is 21.6. The minimum atomic E-state index is -1.01. The highest BCUT2D eigenvalue weighted by molar-refractivity contribution is 6.20. The fourth-order valence-electron chi connectivity index (χ4n) is 4.64. The molecule has 39 heavy (non-hydrogen) atoms. The van der Waals surface area contributed by atoms with Crippen molar-refractivity contribution in [2.24, 2.45) is 0 Å². The molecule has 198 valence electrons. The van der Waals surface area contributed by atoms with Crippen molar-refractivity contribution in [1.82, 2.24) is 0 Å². The van der Waals surface area contributed by atoms with Crippen LogP contribution in [0.25, 0.3) is 11.0 Å². The normalized spacial score (nSPS) is 15.1. The Balaban J connectivity index is 1.62. The van der Waals surface area contributed by atoms with Gasteiger partial charge in [0.25, 0.3) is 5.91 Å². The molecule has 1 aliphatic heterocycles. The Morgan fingerprint density at radius 3 is 2.41 bits per heavy atom. The second-order valence-corrected chi connectivity index (χ2v) is 8.70. The molecule has 9 nitrogen and oxygen atoms in total. The van der Waals surface area contributed by atoms with Crippen molar-refractivity contribution in [3.8, 4) is 11.5 Å². The molecule has 0 saturated carbocycles. The number of hydrogen-bond acceptors (Lipinski definition) is 8. The van der Waals surface area contributed by atoms with E-state index in [-0.39, 0.29) is 17.9 Å². The summed E-state index contributed by atoms with van der Waals surface area (Å²) in [6.45, 7) is 1.93. The van der Waals surface area contributed by atoms with Crippen LogP contribution in [0.3, 0.4) is 0 Å². The second kappa shape index (κ2) is 10.4. The fourth-order valence-corrected chi connectivity index (χ4v) is 4.64. The smallest absolute Gasteiger partial charge is 0.338 e. The number of ketones is 1. The Hall–Kier alpha value is -5.05. The number of anilines is 1. The van der Waals surface area contributed by atoms with E-state index >= 15 is 0 Å². The molecule has 5 rings (SSSR count). The number of amides is 1. The molecule has 0 spiro atoms. The van der Waals surface area contributed by atoms with Gasteiger partial charge in [0.05, 0.1) is 38.0 Å². The van der Waals surface area contributed by atoms with E-state index < -0.39 is 29.5 Å². The first kappa shape index (κ1) is 25.6. The number of benzene rings is 3. The Morgan fingerprint density at radius 1 is 0.974 bits per heavy atom. The van der Waals surface area contributed by atoms with Crippen molar-refractivity contribution in [1.29, 1.82) is 0 Å². The topological polar surface area (TPSA) is 116 Å². The van der Waals surface area contributed by atoms with E-state index in [0.717, 1.165) is 0 Å². The maximum Gasteiger partial charge on any atom is 0.338 e. The van der Waals surface area contributed by atoms with Crippen molar-refractivity contribution in [3.63, 3.8) is 0 Å². The van der Waals surface area contributed by atoms with Crippen LogP contribution < -0.4 is 14.4 Å². The van der Waals surface area contributed by atoms with E-state index in [1.807, 2.05) is 0 Å². The van der Waals surface area contributed by atoms with Crippen LogP contribution in [0.15, 0.2) is 88.5 Å². The molecular formula is C30H25NO8. The number of carbonyl (C=O) groups is 3. The number of furan rings is 1. The Bertz CT molecular complexity index is 1620. The van der Waals surface area contributed by atoms with Gasteiger partial charge in [-0.15, -0.1) is 0 Å². The summed E-state index contributed by atoms with van der Waals surface area (Å²) in [5.41, 5.74) is 1.41. The summed E-state index contributed by atoms with van der Waals surface area (Å²) in [6.07, 6.45) is 0. The highest BCUT2D eigenvalue weighted by atomic mass is 16.5. The molecule has 1 N–H and O–H groups in total. The Labute approximate surface area is 223 Å². The Kier molecular flexibility index (Phi) is 6.81. The first-order chi connectivity index (χ1) is 18.9. The van der Waals surface area contributed by atoms with Gasteiger partial charge < -0.3 is 23.7 Å². The number of carbonyl (C=O) groups excluding carboxylic acids is 3. The molecule has 1 aromatic heterocycles. The van der Waals surface area contributed by atoms with E-state index in [2.05, 4.69) is 0 Å². The SMILES string of the molecule is CCOC(=O)c1ccc(N2C(=O)C(O)=C(C(=O)c3cc4cccc(OC)c4o3)C2c2cccc(OC)c2)cc1. The number of aliphatic hydroxyl groups is 1. The average Bonchev–Trinajstić information content (AvgIpc) is 3.52. The number of ether oxygens (including phenoxy) is 3. The summed E-state index contributed by atoms with van der Waals surface area (Å²) in [4.78, 5) is 40.8. The lowest BCUT2D eigenvalue weighted by Crippen LogP contribution is -2.31. The number of aliphatic hydroxyl groups excluding tert-OH is 1. The molecule has 0 saturated heterocycles. The summed E-state index contributed by atoms with van der Waals surface area (Å²) in [5, 5.41) is 11.7. The predicted molar refractivity (Wildman–Crippen MR) is 142 cm³/mol. The quantitative estimate of drug-likeness (QED) is 0.239. The van der Waals surface area contributed by atoms with Crippen molar-refractivity contribution in [2.75, 3.05) is 25.7 Å². The number of para-hydroxylation sites is 1. The summed E-state index contributed by atoms with van der Waals surface area (Å²) in [7, 11) is 3.00. The number of fused-ring (bicyclic) bond motifs is 1. The van der Waals surface area contributed by atoms with Crippen LogP contribution in [0.5, 0.6) is 11.5 Å². The molecule has 9 heteroatoms. The lowest BCUT2D eigenvalue weighted by molar-refractivity contribution is -0.117. The van der Waals surface area contributed by atoms with Gasteiger partial charge in [-0.1, -0.05) is 24.3 Å². The third kappa shape index (κ3) is 4.48. The van der Waals surface area contributed by atoms with Gasteiger partial charge in [0, 0.05) is 11.1 Å². The van der Waals surface area contributed by atoms with Crippen molar-refractivity contribution >= 4 is 34.3 Å². The molecule has 1 atom stereocenters. The number of nitrogens with zero attached hydrogens (tertiary/aromatic N) is 1. The zero-order chi connectivity index (χ0) is 27.7. The molecule has 1 amide bonds. The number of rotatable bonds is 8. The van der Waals surface area contributed by atoms with Gasteiger partial charge in [0.2, 0.25) is 5.78 Å². The molecule has 0 bridgehead atoms. The van der Waals surface area contributed by atoms with E-state index in [1.54, 1.807) is 67.6 Å². The van der Waals surface area contributed by atoms with E-state index in [0.29, 0.717) is 39.3 Å². The lowest BCUT2D eigenvalue weighted by atomic mass is 9.94. The second-order valence-electron chi connectivity index (χ2n) is 8.70. The molecule has 0 fully saturated rings. The maximum atomic E-state index is 13.9. The standard InChI is InChI=1S/C30H25NO8/c1-4-38-30(35)17-11-13-20(14-12-17)31-25(18-7-5-9-21(15-18)36-2)24(27(33)29(31)34)26(32)23-16-19-8-6-10-22(37-3)28(19)39-23/h5-16,25,33H,4H2,1-3H3. The lowest BCUT2D eigenvalue weighted by Gasteiger charge is -2.27. The van der Waals surface area contributed by atoms with Crippen LogP contribution >= 0.6 is 0 Å².